The van der Waals surface area contributed by atoms with Crippen LogP contribution in [0.1, 0.15) is 56.3 Å². The van der Waals surface area contributed by atoms with Gasteiger partial charge < -0.3 is 16.2 Å². The third-order valence-corrected chi connectivity index (χ3v) is 3.81. The molecule has 0 heterocycles. The van der Waals surface area contributed by atoms with Gasteiger partial charge in [0.05, 0.1) is 5.56 Å². The van der Waals surface area contributed by atoms with Gasteiger partial charge in [-0.05, 0) is 24.1 Å². The number of aliphatic hydroxyl groups is 1. The van der Waals surface area contributed by atoms with E-state index in [4.69, 9.17) is 5.73 Å². The molecule has 0 aliphatic heterocycles. The first-order chi connectivity index (χ1) is 11.7. The zero-order valence-corrected chi connectivity index (χ0v) is 14.0. The number of hydrogen-bond donors (Lipinski definition) is 3. The minimum absolute atomic E-state index is 0.000275. The summed E-state index contributed by atoms with van der Waals surface area (Å²) in [7, 11) is 0. The smallest absolute Gasteiger partial charge is 0.378 e. The fraction of sp³-hybridized carbons (Fsp3) is 0.529. The van der Waals surface area contributed by atoms with E-state index in [0.717, 1.165) is 43.5 Å². The predicted molar refractivity (Wildman–Crippen MR) is 86.3 cm³/mol. The Hall–Kier alpha value is -2.09. The quantitative estimate of drug-likeness (QED) is 0.591. The molecule has 0 aliphatic carbocycles. The van der Waals surface area contributed by atoms with E-state index in [2.05, 4.69) is 5.32 Å². The summed E-state index contributed by atoms with van der Waals surface area (Å²) in [5.41, 5.74) is 4.37. The Balaban J connectivity index is 2.68. The molecule has 0 bridgehead atoms. The number of aliphatic hydroxyl groups excluding tert-OH is 1. The van der Waals surface area contributed by atoms with Gasteiger partial charge in [0.1, 0.15) is 6.04 Å². The van der Waals surface area contributed by atoms with Gasteiger partial charge in [-0.3, -0.25) is 9.59 Å². The second-order valence-electron chi connectivity index (χ2n) is 5.84. The van der Waals surface area contributed by atoms with E-state index in [9.17, 15) is 27.9 Å². The third kappa shape index (κ3) is 6.74. The molecule has 140 valence electrons. The lowest BCUT2D eigenvalue weighted by atomic mass is 10.0. The molecule has 0 radical (unpaired) electrons. The van der Waals surface area contributed by atoms with Crippen LogP contribution >= 0.6 is 0 Å². The standard InChI is InChI=1S/C17H23F3N2O3/c1-2-3-4-5-6-13(15(21)24)22-16(25)14(23)11-7-9-12(10-8-11)17(18,19)20/h7-10,13-14,23H,2-6H2,1H3,(H2,21,24)(H,22,25)/t13-,14+/m1/s1. The SMILES string of the molecule is CCCCCC[C@@H](NC(=O)[C@@H](O)c1ccc(C(F)(F)F)cc1)C(N)=O. The number of carbonyl (C=O) groups is 2. The van der Waals surface area contributed by atoms with Crippen LogP contribution in [-0.4, -0.2) is 23.0 Å². The van der Waals surface area contributed by atoms with Crippen molar-refractivity contribution in [3.8, 4) is 0 Å². The molecule has 2 atom stereocenters. The summed E-state index contributed by atoms with van der Waals surface area (Å²) in [5.74, 6) is -1.59. The Morgan fingerprint density at radius 3 is 2.24 bits per heavy atom. The van der Waals surface area contributed by atoms with Gasteiger partial charge in [0.25, 0.3) is 5.91 Å². The second-order valence-corrected chi connectivity index (χ2v) is 5.84. The summed E-state index contributed by atoms with van der Waals surface area (Å²) in [6, 6.07) is 2.68. The number of benzene rings is 1. The highest BCUT2D eigenvalue weighted by atomic mass is 19.4. The molecule has 25 heavy (non-hydrogen) atoms. The normalized spacial score (nSPS) is 14.0. The molecule has 4 N–H and O–H groups in total. The molecule has 0 spiro atoms. The van der Waals surface area contributed by atoms with Gasteiger partial charge in [-0.1, -0.05) is 44.7 Å². The third-order valence-electron chi connectivity index (χ3n) is 3.81. The van der Waals surface area contributed by atoms with Crippen LogP contribution in [0.15, 0.2) is 24.3 Å². The van der Waals surface area contributed by atoms with Crippen LogP contribution in [0.3, 0.4) is 0 Å². The van der Waals surface area contributed by atoms with Gasteiger partial charge in [0.15, 0.2) is 6.10 Å². The molecule has 0 saturated heterocycles. The Bertz CT molecular complexity index is 573. The minimum atomic E-state index is -4.50. The summed E-state index contributed by atoms with van der Waals surface area (Å²) in [6.45, 7) is 2.04. The first-order valence-corrected chi connectivity index (χ1v) is 8.11. The number of halogens is 3. The number of rotatable bonds is 9. The molecule has 0 fully saturated rings. The van der Waals surface area contributed by atoms with Crippen LogP contribution in [0.25, 0.3) is 0 Å². The number of nitrogens with one attached hydrogen (secondary N) is 1. The lowest BCUT2D eigenvalue weighted by molar-refractivity contribution is -0.137. The zero-order chi connectivity index (χ0) is 19.0. The van der Waals surface area contributed by atoms with Crippen LogP contribution in [0.4, 0.5) is 13.2 Å². The van der Waals surface area contributed by atoms with E-state index in [1.807, 2.05) is 6.92 Å². The zero-order valence-electron chi connectivity index (χ0n) is 14.0. The molecule has 5 nitrogen and oxygen atoms in total. The predicted octanol–water partition coefficient (Wildman–Crippen LogP) is 2.68. The lowest BCUT2D eigenvalue weighted by Crippen LogP contribution is -2.46. The maximum atomic E-state index is 12.5. The van der Waals surface area contributed by atoms with Crippen molar-refractivity contribution in [2.45, 2.75) is 57.3 Å². The van der Waals surface area contributed by atoms with E-state index in [0.29, 0.717) is 12.8 Å². The van der Waals surface area contributed by atoms with E-state index >= 15 is 0 Å². The van der Waals surface area contributed by atoms with Crippen molar-refractivity contribution >= 4 is 11.8 Å². The molecule has 0 saturated carbocycles. The highest BCUT2D eigenvalue weighted by Crippen LogP contribution is 2.30. The Labute approximate surface area is 144 Å². The van der Waals surface area contributed by atoms with Gasteiger partial charge in [-0.2, -0.15) is 13.2 Å². The van der Waals surface area contributed by atoms with Gasteiger partial charge in [-0.15, -0.1) is 0 Å². The van der Waals surface area contributed by atoms with Crippen molar-refractivity contribution in [3.05, 3.63) is 35.4 Å². The van der Waals surface area contributed by atoms with Crippen molar-refractivity contribution in [1.82, 2.24) is 5.32 Å². The maximum Gasteiger partial charge on any atom is 0.416 e. The second kappa shape index (κ2) is 9.41. The number of hydrogen-bond acceptors (Lipinski definition) is 3. The largest absolute Gasteiger partial charge is 0.416 e. The highest BCUT2D eigenvalue weighted by Gasteiger charge is 2.31. The van der Waals surface area contributed by atoms with Crippen LogP contribution in [0.5, 0.6) is 0 Å². The van der Waals surface area contributed by atoms with Gasteiger partial charge in [0.2, 0.25) is 5.91 Å². The Morgan fingerprint density at radius 2 is 1.76 bits per heavy atom. The topological polar surface area (TPSA) is 92.4 Å². The molecule has 0 unspecified atom stereocenters. The summed E-state index contributed by atoms with van der Waals surface area (Å²) in [4.78, 5) is 23.5. The highest BCUT2D eigenvalue weighted by molar-refractivity contribution is 5.88. The number of carbonyl (C=O) groups excluding carboxylic acids is 2. The molecular weight excluding hydrogens is 337 g/mol. The molecule has 0 aliphatic rings. The molecule has 1 aromatic rings. The van der Waals surface area contributed by atoms with Crippen molar-refractivity contribution in [3.63, 3.8) is 0 Å². The molecule has 8 heteroatoms. The monoisotopic (exact) mass is 360 g/mol. The molecule has 0 aromatic heterocycles. The van der Waals surface area contributed by atoms with Crippen LogP contribution in [0.2, 0.25) is 0 Å². The summed E-state index contributed by atoms with van der Waals surface area (Å²) >= 11 is 0. The number of alkyl halides is 3. The van der Waals surface area contributed by atoms with E-state index in [1.54, 1.807) is 0 Å². The molecule has 1 aromatic carbocycles. The minimum Gasteiger partial charge on any atom is -0.378 e. The number of nitrogens with two attached hydrogens (primary N) is 1. The maximum absolute atomic E-state index is 12.5. The molecule has 1 rings (SSSR count). The Kier molecular flexibility index (Phi) is 7.89. The van der Waals surface area contributed by atoms with E-state index in [1.165, 1.54) is 0 Å². The van der Waals surface area contributed by atoms with Crippen LogP contribution in [0, 0.1) is 0 Å². The lowest BCUT2D eigenvalue weighted by Gasteiger charge is -2.18. The van der Waals surface area contributed by atoms with Crippen molar-refractivity contribution in [2.75, 3.05) is 0 Å². The molecule has 2 amide bonds. The number of unbranched alkanes of at least 4 members (excludes halogenated alkanes) is 3. The van der Waals surface area contributed by atoms with E-state index < -0.39 is 35.7 Å². The van der Waals surface area contributed by atoms with Crippen LogP contribution in [-0.2, 0) is 15.8 Å². The van der Waals surface area contributed by atoms with Gasteiger partial charge in [-0.25, -0.2) is 0 Å². The van der Waals surface area contributed by atoms with E-state index in [-0.39, 0.29) is 5.56 Å². The summed E-state index contributed by atoms with van der Waals surface area (Å²) < 4.78 is 37.6. The summed E-state index contributed by atoms with van der Waals surface area (Å²) in [5, 5.41) is 12.3. The van der Waals surface area contributed by atoms with Crippen molar-refractivity contribution in [2.24, 2.45) is 5.73 Å². The first-order valence-electron chi connectivity index (χ1n) is 8.11. The Morgan fingerprint density at radius 1 is 1.16 bits per heavy atom. The fourth-order valence-corrected chi connectivity index (χ4v) is 2.32. The molecular formula is C17H23F3N2O3. The van der Waals surface area contributed by atoms with Crippen molar-refractivity contribution < 1.29 is 27.9 Å². The van der Waals surface area contributed by atoms with Crippen molar-refractivity contribution in [1.29, 1.82) is 0 Å². The fourth-order valence-electron chi connectivity index (χ4n) is 2.32. The average Bonchev–Trinajstić information content (AvgIpc) is 2.55. The van der Waals surface area contributed by atoms with Crippen LogP contribution < -0.4 is 11.1 Å². The first kappa shape index (κ1) is 21.0. The van der Waals surface area contributed by atoms with Gasteiger partial charge in [0, 0.05) is 0 Å². The summed E-state index contributed by atoms with van der Waals surface area (Å²) in [6.07, 6.45) is -2.24. The van der Waals surface area contributed by atoms with Gasteiger partial charge >= 0.3 is 6.18 Å². The average molecular weight is 360 g/mol. The number of primary amides is 1. The number of amides is 2.